The molecule has 0 saturated heterocycles. The summed E-state index contributed by atoms with van der Waals surface area (Å²) in [5.41, 5.74) is 2.46. The van der Waals surface area contributed by atoms with Gasteiger partial charge in [-0.25, -0.2) is 0 Å². The molecule has 1 aromatic heterocycles. The first kappa shape index (κ1) is 21.5. The maximum atomic E-state index is 13.1. The minimum absolute atomic E-state index is 0.105. The number of rotatable bonds is 3. The smallest absolute Gasteiger partial charge is 0.258 e. The van der Waals surface area contributed by atoms with E-state index in [2.05, 4.69) is 26.7 Å². The third kappa shape index (κ3) is 4.31. The molecule has 168 valence electrons. The standard InChI is InChI=1S/C23H19Cl2N5O3/c24-14-7-15(25)9-16(8-14)26-21(32)17-10-18(31)27-20-19(17)22(33)29-23(28-20)30-6-5-12-3-1-2-4-13(12)11-30/h1-4,7-9,17H,5-6,10-11H2,(H,26,32)(H2,27,28,29,31,33). The van der Waals surface area contributed by atoms with Gasteiger partial charge in [0.05, 0.1) is 11.5 Å². The van der Waals surface area contributed by atoms with Crippen molar-refractivity contribution in [2.45, 2.75) is 25.3 Å². The number of amides is 2. The van der Waals surface area contributed by atoms with Gasteiger partial charge in [-0.3, -0.25) is 19.4 Å². The zero-order chi connectivity index (χ0) is 23.1. The zero-order valence-electron chi connectivity index (χ0n) is 17.3. The van der Waals surface area contributed by atoms with Crippen LogP contribution in [0.15, 0.2) is 47.3 Å². The number of halogens is 2. The van der Waals surface area contributed by atoms with E-state index in [1.165, 1.54) is 23.8 Å². The summed E-state index contributed by atoms with van der Waals surface area (Å²) in [6, 6.07) is 12.7. The number of anilines is 3. The summed E-state index contributed by atoms with van der Waals surface area (Å²) in [5.74, 6) is -1.44. The Hall–Kier alpha value is -3.36. The molecule has 3 N–H and O–H groups in total. The fourth-order valence-electron chi connectivity index (χ4n) is 4.27. The SMILES string of the molecule is O=C1CC(C(=O)Nc2cc(Cl)cc(Cl)c2)c2c(nc(N3CCc4ccccc4C3)[nH]c2=O)N1. The van der Waals surface area contributed by atoms with Gasteiger partial charge in [-0.05, 0) is 35.7 Å². The molecular weight excluding hydrogens is 465 g/mol. The van der Waals surface area contributed by atoms with Crippen LogP contribution in [-0.4, -0.2) is 28.3 Å². The molecule has 2 aromatic carbocycles. The highest BCUT2D eigenvalue weighted by atomic mass is 35.5. The van der Waals surface area contributed by atoms with Crippen LogP contribution in [0.4, 0.5) is 17.5 Å². The Morgan fingerprint density at radius 3 is 2.58 bits per heavy atom. The first-order valence-corrected chi connectivity index (χ1v) is 11.2. The number of nitrogens with zero attached hydrogens (tertiary/aromatic N) is 2. The first-order chi connectivity index (χ1) is 15.9. The van der Waals surface area contributed by atoms with Crippen LogP contribution in [-0.2, 0) is 22.6 Å². The van der Waals surface area contributed by atoms with Crippen molar-refractivity contribution in [3.63, 3.8) is 0 Å². The average Bonchev–Trinajstić information content (AvgIpc) is 2.77. The van der Waals surface area contributed by atoms with Gasteiger partial charge in [0, 0.05) is 35.2 Å². The van der Waals surface area contributed by atoms with E-state index in [1.807, 2.05) is 23.1 Å². The second-order valence-corrected chi connectivity index (χ2v) is 8.92. The molecule has 0 spiro atoms. The number of aromatic amines is 1. The lowest BCUT2D eigenvalue weighted by Crippen LogP contribution is -2.38. The molecule has 2 amide bonds. The summed E-state index contributed by atoms with van der Waals surface area (Å²) in [5, 5.41) is 6.05. The second-order valence-electron chi connectivity index (χ2n) is 8.04. The first-order valence-electron chi connectivity index (χ1n) is 10.4. The molecule has 3 aromatic rings. The van der Waals surface area contributed by atoms with Crippen molar-refractivity contribution in [1.29, 1.82) is 0 Å². The lowest BCUT2D eigenvalue weighted by molar-refractivity contribution is -0.123. The van der Waals surface area contributed by atoms with Gasteiger partial charge in [0.25, 0.3) is 5.56 Å². The lowest BCUT2D eigenvalue weighted by Gasteiger charge is -2.30. The van der Waals surface area contributed by atoms with Gasteiger partial charge in [0.1, 0.15) is 5.82 Å². The van der Waals surface area contributed by atoms with Crippen molar-refractivity contribution in [2.75, 3.05) is 22.1 Å². The van der Waals surface area contributed by atoms with Gasteiger partial charge < -0.3 is 15.5 Å². The molecular formula is C23H19Cl2N5O3. The van der Waals surface area contributed by atoms with Crippen LogP contribution in [0.25, 0.3) is 0 Å². The number of nitrogens with one attached hydrogen (secondary N) is 3. The van der Waals surface area contributed by atoms with Gasteiger partial charge in [-0.2, -0.15) is 4.98 Å². The fourth-order valence-corrected chi connectivity index (χ4v) is 4.79. The molecule has 10 heteroatoms. The predicted octanol–water partition coefficient (Wildman–Crippen LogP) is 3.70. The number of carbonyl (C=O) groups excluding carboxylic acids is 2. The van der Waals surface area contributed by atoms with Crippen LogP contribution in [0, 0.1) is 0 Å². The van der Waals surface area contributed by atoms with Crippen LogP contribution in [0.2, 0.25) is 10.0 Å². The van der Waals surface area contributed by atoms with E-state index in [9.17, 15) is 14.4 Å². The van der Waals surface area contributed by atoms with Crippen molar-refractivity contribution in [3.8, 4) is 0 Å². The summed E-state index contributed by atoms with van der Waals surface area (Å²) in [7, 11) is 0. The van der Waals surface area contributed by atoms with Gasteiger partial charge in [-0.15, -0.1) is 0 Å². The molecule has 0 bridgehead atoms. The van der Waals surface area contributed by atoms with Crippen molar-refractivity contribution < 1.29 is 9.59 Å². The van der Waals surface area contributed by atoms with Crippen LogP contribution < -0.4 is 21.1 Å². The van der Waals surface area contributed by atoms with Gasteiger partial charge >= 0.3 is 0 Å². The Balaban J connectivity index is 1.45. The Kier molecular flexibility index (Phi) is 5.55. The topological polar surface area (TPSA) is 107 Å². The predicted molar refractivity (Wildman–Crippen MR) is 127 cm³/mol. The number of aromatic nitrogens is 2. The highest BCUT2D eigenvalue weighted by molar-refractivity contribution is 6.35. The highest BCUT2D eigenvalue weighted by Gasteiger charge is 2.35. The van der Waals surface area contributed by atoms with E-state index < -0.39 is 17.4 Å². The molecule has 3 heterocycles. The molecule has 0 saturated carbocycles. The summed E-state index contributed by atoms with van der Waals surface area (Å²) < 4.78 is 0. The molecule has 1 atom stereocenters. The maximum Gasteiger partial charge on any atom is 0.258 e. The van der Waals surface area contributed by atoms with E-state index in [-0.39, 0.29) is 23.7 Å². The van der Waals surface area contributed by atoms with Crippen LogP contribution in [0.5, 0.6) is 0 Å². The summed E-state index contributed by atoms with van der Waals surface area (Å²) >= 11 is 12.0. The van der Waals surface area contributed by atoms with Crippen molar-refractivity contribution in [3.05, 3.63) is 79.6 Å². The number of carbonyl (C=O) groups is 2. The van der Waals surface area contributed by atoms with Gasteiger partial charge in [-0.1, -0.05) is 47.5 Å². The molecule has 0 aliphatic carbocycles. The third-order valence-electron chi connectivity index (χ3n) is 5.82. The molecule has 5 rings (SSSR count). The molecule has 8 nitrogen and oxygen atoms in total. The van der Waals surface area contributed by atoms with E-state index in [0.717, 1.165) is 12.0 Å². The number of hydrogen-bond donors (Lipinski definition) is 3. The van der Waals surface area contributed by atoms with E-state index in [1.54, 1.807) is 0 Å². The largest absolute Gasteiger partial charge is 0.338 e. The van der Waals surface area contributed by atoms with E-state index in [0.29, 0.717) is 34.8 Å². The monoisotopic (exact) mass is 483 g/mol. The number of hydrogen-bond acceptors (Lipinski definition) is 5. The maximum absolute atomic E-state index is 13.1. The summed E-state index contributed by atoms with van der Waals surface area (Å²) in [6.07, 6.45) is 0.644. The molecule has 2 aliphatic rings. The number of benzene rings is 2. The minimum atomic E-state index is -1.00. The molecule has 0 fully saturated rings. The zero-order valence-corrected chi connectivity index (χ0v) is 18.8. The Bertz CT molecular complexity index is 1320. The summed E-state index contributed by atoms with van der Waals surface area (Å²) in [6.45, 7) is 1.26. The highest BCUT2D eigenvalue weighted by Crippen LogP contribution is 2.32. The van der Waals surface area contributed by atoms with Crippen LogP contribution in [0.1, 0.15) is 29.0 Å². The van der Waals surface area contributed by atoms with Crippen LogP contribution >= 0.6 is 23.2 Å². The number of H-pyrrole nitrogens is 1. The number of fused-ring (bicyclic) bond motifs is 2. The Labute approximate surface area is 198 Å². The van der Waals surface area contributed by atoms with Crippen molar-refractivity contribution >= 4 is 52.5 Å². The molecule has 33 heavy (non-hydrogen) atoms. The Morgan fingerprint density at radius 2 is 1.82 bits per heavy atom. The second kappa shape index (κ2) is 8.53. The average molecular weight is 484 g/mol. The Morgan fingerprint density at radius 1 is 1.09 bits per heavy atom. The molecule has 1 unspecified atom stereocenters. The molecule has 2 aliphatic heterocycles. The van der Waals surface area contributed by atoms with E-state index in [4.69, 9.17) is 23.2 Å². The normalized spacial score (nSPS) is 17.1. The van der Waals surface area contributed by atoms with Crippen molar-refractivity contribution in [1.82, 2.24) is 9.97 Å². The van der Waals surface area contributed by atoms with Gasteiger partial charge in [0.15, 0.2) is 0 Å². The quantitative estimate of drug-likeness (QED) is 0.526. The van der Waals surface area contributed by atoms with E-state index >= 15 is 0 Å². The van der Waals surface area contributed by atoms with Gasteiger partial charge in [0.2, 0.25) is 17.8 Å². The third-order valence-corrected chi connectivity index (χ3v) is 6.25. The fraction of sp³-hybridized carbons (Fsp3) is 0.217. The molecule has 0 radical (unpaired) electrons. The summed E-state index contributed by atoms with van der Waals surface area (Å²) in [4.78, 5) is 47.7. The van der Waals surface area contributed by atoms with Crippen LogP contribution in [0.3, 0.4) is 0 Å². The lowest BCUT2D eigenvalue weighted by atomic mass is 9.92. The van der Waals surface area contributed by atoms with Crippen molar-refractivity contribution in [2.24, 2.45) is 0 Å². The minimum Gasteiger partial charge on any atom is -0.338 e.